The number of rotatable bonds is 2. The number of hydrogen-bond donors (Lipinski definition) is 1. The Morgan fingerprint density at radius 1 is 1.43 bits per heavy atom. The van der Waals surface area contributed by atoms with E-state index in [2.05, 4.69) is 16.8 Å². The van der Waals surface area contributed by atoms with E-state index < -0.39 is 0 Å². The van der Waals surface area contributed by atoms with E-state index >= 15 is 0 Å². The Kier molecular flexibility index (Phi) is 3.06. The zero-order valence-electron chi connectivity index (χ0n) is 9.08. The molecule has 2 aliphatic rings. The molecule has 3 heteroatoms. The highest BCUT2D eigenvalue weighted by Crippen LogP contribution is 2.28. The van der Waals surface area contributed by atoms with Gasteiger partial charge in [0.1, 0.15) is 0 Å². The van der Waals surface area contributed by atoms with Crippen molar-refractivity contribution in [3.63, 3.8) is 0 Å². The molecule has 2 heterocycles. The van der Waals surface area contributed by atoms with Crippen LogP contribution in [0.2, 0.25) is 0 Å². The van der Waals surface area contributed by atoms with Crippen molar-refractivity contribution in [2.24, 2.45) is 16.6 Å². The number of amidine groups is 1. The molecule has 2 saturated heterocycles. The van der Waals surface area contributed by atoms with Crippen LogP contribution in [0.3, 0.4) is 0 Å². The van der Waals surface area contributed by atoms with E-state index in [4.69, 9.17) is 5.73 Å². The topological polar surface area (TPSA) is 41.6 Å². The van der Waals surface area contributed by atoms with Gasteiger partial charge in [0.25, 0.3) is 0 Å². The van der Waals surface area contributed by atoms with Gasteiger partial charge in [-0.2, -0.15) is 0 Å². The molecule has 2 bridgehead atoms. The van der Waals surface area contributed by atoms with Gasteiger partial charge in [0.05, 0.1) is 11.9 Å². The van der Waals surface area contributed by atoms with E-state index in [9.17, 15) is 0 Å². The van der Waals surface area contributed by atoms with Crippen LogP contribution in [0.1, 0.15) is 32.6 Å². The maximum atomic E-state index is 5.81. The molecular weight excluding hydrogens is 174 g/mol. The fourth-order valence-corrected chi connectivity index (χ4v) is 2.63. The molecule has 0 aromatic carbocycles. The number of fused-ring (bicyclic) bond motifs is 2. The smallest absolute Gasteiger partial charge is 0.0937 e. The molecule has 0 spiro atoms. The average molecular weight is 195 g/mol. The molecule has 2 fully saturated rings. The zero-order chi connectivity index (χ0) is 9.97. The lowest BCUT2D eigenvalue weighted by molar-refractivity contribution is 0.107. The van der Waals surface area contributed by atoms with Crippen molar-refractivity contribution in [2.45, 2.75) is 38.6 Å². The molecule has 2 N–H and O–H groups in total. The summed E-state index contributed by atoms with van der Waals surface area (Å²) in [5.41, 5.74) is 5.81. The Bertz CT molecular complexity index is 225. The summed E-state index contributed by atoms with van der Waals surface area (Å²) in [6.07, 6.45) is 4.81. The molecular formula is C11H21N3. The lowest BCUT2D eigenvalue weighted by atomic mass is 9.85. The summed E-state index contributed by atoms with van der Waals surface area (Å²) in [5.74, 6) is 1.62. The molecule has 3 atom stereocenters. The van der Waals surface area contributed by atoms with Gasteiger partial charge in [0, 0.05) is 19.5 Å². The highest BCUT2D eigenvalue weighted by Gasteiger charge is 2.31. The molecule has 0 aromatic heterocycles. The van der Waals surface area contributed by atoms with Gasteiger partial charge in [-0.15, -0.1) is 0 Å². The predicted octanol–water partition coefficient (Wildman–Crippen LogP) is 1.24. The lowest BCUT2D eigenvalue weighted by Gasteiger charge is -2.41. The number of aliphatic imine (C=N–C) groups is 1. The predicted molar refractivity (Wildman–Crippen MR) is 59.5 cm³/mol. The monoisotopic (exact) mass is 195 g/mol. The summed E-state index contributed by atoms with van der Waals surface area (Å²) in [7, 11) is 0. The van der Waals surface area contributed by atoms with Crippen molar-refractivity contribution in [2.75, 3.05) is 19.6 Å². The van der Waals surface area contributed by atoms with Gasteiger partial charge >= 0.3 is 0 Å². The standard InChI is InChI=1S/C11H21N3/c1-2-11(12)13-10-5-7-14-6-3-4-9(10)8-14/h9-10H,2-8H2,1H3,(H2,12,13). The van der Waals surface area contributed by atoms with E-state index in [1.54, 1.807) is 0 Å². The van der Waals surface area contributed by atoms with Crippen molar-refractivity contribution in [1.82, 2.24) is 4.90 Å². The molecule has 3 unspecified atom stereocenters. The second-order valence-corrected chi connectivity index (χ2v) is 4.53. The van der Waals surface area contributed by atoms with E-state index in [1.165, 1.54) is 38.9 Å². The fourth-order valence-electron chi connectivity index (χ4n) is 2.63. The van der Waals surface area contributed by atoms with Crippen LogP contribution >= 0.6 is 0 Å². The van der Waals surface area contributed by atoms with Crippen LogP contribution in [0.25, 0.3) is 0 Å². The zero-order valence-corrected chi connectivity index (χ0v) is 9.08. The first-order valence-corrected chi connectivity index (χ1v) is 5.84. The summed E-state index contributed by atoms with van der Waals surface area (Å²) in [6.45, 7) is 5.86. The molecule has 2 aliphatic heterocycles. The average Bonchev–Trinajstić information content (AvgIpc) is 2.23. The molecule has 2 rings (SSSR count). The Morgan fingerprint density at radius 2 is 2.29 bits per heavy atom. The maximum absolute atomic E-state index is 5.81. The summed E-state index contributed by atoms with van der Waals surface area (Å²) in [4.78, 5) is 7.21. The summed E-state index contributed by atoms with van der Waals surface area (Å²) < 4.78 is 0. The quantitative estimate of drug-likeness (QED) is 0.532. The molecule has 0 aliphatic carbocycles. The Morgan fingerprint density at radius 3 is 3.07 bits per heavy atom. The van der Waals surface area contributed by atoms with Gasteiger partial charge in [-0.1, -0.05) is 6.92 Å². The van der Waals surface area contributed by atoms with Gasteiger partial charge in [0.15, 0.2) is 0 Å². The summed E-state index contributed by atoms with van der Waals surface area (Å²) in [6, 6.07) is 0.520. The van der Waals surface area contributed by atoms with E-state index in [-0.39, 0.29) is 0 Å². The minimum absolute atomic E-state index is 0.520. The van der Waals surface area contributed by atoms with E-state index in [1.807, 2.05) is 0 Å². The highest BCUT2D eigenvalue weighted by atomic mass is 15.2. The second-order valence-electron chi connectivity index (χ2n) is 4.53. The van der Waals surface area contributed by atoms with Crippen LogP contribution in [0.15, 0.2) is 4.99 Å². The van der Waals surface area contributed by atoms with Crippen molar-refractivity contribution in [3.8, 4) is 0 Å². The van der Waals surface area contributed by atoms with Crippen LogP contribution in [0.5, 0.6) is 0 Å². The number of piperidine rings is 2. The molecule has 0 radical (unpaired) electrons. The molecule has 3 nitrogen and oxygen atoms in total. The minimum atomic E-state index is 0.520. The molecule has 0 saturated carbocycles. The third-order valence-corrected chi connectivity index (χ3v) is 3.52. The number of nitrogens with two attached hydrogens (primary N) is 1. The SMILES string of the molecule is CCC(N)=NC1CCN2CCCC1C2. The Hall–Kier alpha value is -0.570. The Balaban J connectivity index is 1.99. The largest absolute Gasteiger partial charge is 0.387 e. The van der Waals surface area contributed by atoms with Crippen LogP contribution in [-0.2, 0) is 0 Å². The van der Waals surface area contributed by atoms with E-state index in [0.717, 1.165) is 18.2 Å². The minimum Gasteiger partial charge on any atom is -0.387 e. The van der Waals surface area contributed by atoms with Gasteiger partial charge in [0.2, 0.25) is 0 Å². The summed E-state index contributed by atoms with van der Waals surface area (Å²) in [5, 5.41) is 0. The van der Waals surface area contributed by atoms with Crippen LogP contribution in [0.4, 0.5) is 0 Å². The number of hydrogen-bond acceptors (Lipinski definition) is 2. The van der Waals surface area contributed by atoms with Gasteiger partial charge in [-0.25, -0.2) is 0 Å². The van der Waals surface area contributed by atoms with Gasteiger partial charge < -0.3 is 10.6 Å². The fraction of sp³-hybridized carbons (Fsp3) is 0.909. The third kappa shape index (κ3) is 2.08. The first-order valence-electron chi connectivity index (χ1n) is 5.84. The normalized spacial score (nSPS) is 38.4. The molecule has 14 heavy (non-hydrogen) atoms. The van der Waals surface area contributed by atoms with Crippen molar-refractivity contribution < 1.29 is 0 Å². The number of nitrogens with zero attached hydrogens (tertiary/aromatic N) is 2. The van der Waals surface area contributed by atoms with Crippen LogP contribution < -0.4 is 5.73 Å². The van der Waals surface area contributed by atoms with Crippen molar-refractivity contribution >= 4 is 5.84 Å². The molecule has 80 valence electrons. The summed E-state index contributed by atoms with van der Waals surface area (Å²) >= 11 is 0. The molecule has 0 amide bonds. The molecule has 0 aromatic rings. The van der Waals surface area contributed by atoms with Gasteiger partial charge in [-0.3, -0.25) is 4.99 Å². The van der Waals surface area contributed by atoms with Crippen molar-refractivity contribution in [3.05, 3.63) is 0 Å². The van der Waals surface area contributed by atoms with Crippen LogP contribution in [-0.4, -0.2) is 36.4 Å². The van der Waals surface area contributed by atoms with Crippen LogP contribution in [0, 0.1) is 5.92 Å². The first kappa shape index (κ1) is 9.97. The van der Waals surface area contributed by atoms with Gasteiger partial charge in [-0.05, 0) is 31.7 Å². The highest BCUT2D eigenvalue weighted by molar-refractivity contribution is 5.80. The Labute approximate surface area is 86.4 Å². The lowest BCUT2D eigenvalue weighted by Crippen LogP contribution is -2.46. The first-order chi connectivity index (χ1) is 6.79. The second kappa shape index (κ2) is 4.30. The maximum Gasteiger partial charge on any atom is 0.0937 e. The van der Waals surface area contributed by atoms with E-state index in [0.29, 0.717) is 6.04 Å². The third-order valence-electron chi connectivity index (χ3n) is 3.52. The van der Waals surface area contributed by atoms with Crippen molar-refractivity contribution in [1.29, 1.82) is 0 Å².